The van der Waals surface area contributed by atoms with Gasteiger partial charge in [-0.15, -0.1) is 0 Å². The first-order valence-corrected chi connectivity index (χ1v) is 30.7. The molecule has 0 saturated carbocycles. The van der Waals surface area contributed by atoms with Crippen LogP contribution in [-0.2, 0) is 44.8 Å². The molecule has 0 spiro atoms. The second-order valence-electron chi connectivity index (χ2n) is 31.9. The Morgan fingerprint density at radius 3 is 0.826 bits per heavy atom. The smallest absolute Gasteiger partial charge is 0.166 e. The molecule has 434 valence electrons. The highest BCUT2D eigenvalue weighted by Crippen LogP contribution is 2.56. The van der Waals surface area contributed by atoms with E-state index in [1.54, 1.807) is 0 Å². The Labute approximate surface area is 504 Å². The summed E-state index contributed by atoms with van der Waals surface area (Å²) in [7, 11) is 0. The van der Waals surface area contributed by atoms with Gasteiger partial charge in [-0.05, 0) is 201 Å². The molecule has 0 aliphatic carbocycles. The van der Waals surface area contributed by atoms with E-state index < -0.39 is 58.6 Å². The van der Waals surface area contributed by atoms with Gasteiger partial charge < -0.3 is 0 Å². The molecule has 0 nitrogen and oxygen atoms in total. The third-order valence-corrected chi connectivity index (χ3v) is 19.9. The van der Waals surface area contributed by atoms with E-state index in [-0.39, 0.29) is 10.8 Å². The third kappa shape index (κ3) is 8.04. The Morgan fingerprint density at radius 2 is 0.547 bits per heavy atom. The molecule has 0 radical (unpaired) electrons. The van der Waals surface area contributed by atoms with Gasteiger partial charge in [0.15, 0.2) is 0 Å². The van der Waals surface area contributed by atoms with E-state index >= 15 is 26.3 Å². The van der Waals surface area contributed by atoms with Crippen LogP contribution in [0.4, 0.5) is 26.3 Å². The van der Waals surface area contributed by atoms with Crippen molar-refractivity contribution in [3.8, 4) is 66.8 Å². The molecule has 0 fully saturated rings. The van der Waals surface area contributed by atoms with Crippen LogP contribution in [0.15, 0.2) is 121 Å². The van der Waals surface area contributed by atoms with E-state index in [1.165, 1.54) is 35.4 Å². The lowest BCUT2D eigenvalue weighted by Gasteiger charge is -2.37. The lowest BCUT2D eigenvalue weighted by Crippen LogP contribution is -2.53. The summed E-state index contributed by atoms with van der Waals surface area (Å²) in [5.74, 6) is 0. The zero-order chi connectivity index (χ0) is 61.8. The van der Waals surface area contributed by atoms with Crippen molar-refractivity contribution in [2.45, 2.75) is 169 Å². The van der Waals surface area contributed by atoms with Crippen molar-refractivity contribution in [3.05, 3.63) is 166 Å². The van der Waals surface area contributed by atoms with Gasteiger partial charge in [-0.25, -0.2) is 0 Å². The summed E-state index contributed by atoms with van der Waals surface area (Å²) >= 11 is 0. The SMILES string of the molecule is CC(C)(C)c1cc(C(C)(C)C)c(-c2cc3c4c(cc5c(-c6c(C(C)(C)C)cc(C(C)(C)C)cc6C(C)(C)C)cc6c7c(cc2c4c57)B2c4ccccc4-c4cc(C(F)(F)F)cc-6c42)B2c4ccccc4-c4cc(C(F)(F)F)cc-3c42)c(C(C)(C)C)c1. The van der Waals surface area contributed by atoms with Gasteiger partial charge in [0.1, 0.15) is 0 Å². The summed E-state index contributed by atoms with van der Waals surface area (Å²) in [5.41, 5.74) is 18.6. The molecule has 4 aliphatic rings. The van der Waals surface area contributed by atoms with Crippen LogP contribution in [0.3, 0.4) is 0 Å². The summed E-state index contributed by atoms with van der Waals surface area (Å²) < 4.78 is 94.9. The fourth-order valence-electron chi connectivity index (χ4n) is 15.8. The minimum absolute atomic E-state index is 0.225. The minimum atomic E-state index is -4.65. The normalized spacial score (nSPS) is 14.7. The second-order valence-corrected chi connectivity index (χ2v) is 31.9. The maximum Gasteiger partial charge on any atom is 0.416 e. The van der Waals surface area contributed by atoms with Crippen molar-refractivity contribution in [1.29, 1.82) is 0 Å². The van der Waals surface area contributed by atoms with Gasteiger partial charge >= 0.3 is 12.4 Å². The first kappa shape index (κ1) is 56.7. The van der Waals surface area contributed by atoms with Crippen LogP contribution in [0.25, 0.3) is 99.1 Å². The van der Waals surface area contributed by atoms with E-state index in [2.05, 4.69) is 185 Å². The van der Waals surface area contributed by atoms with E-state index in [9.17, 15) is 0 Å². The minimum Gasteiger partial charge on any atom is -0.166 e. The number of benzene rings is 10. The van der Waals surface area contributed by atoms with Crippen LogP contribution in [0.1, 0.15) is 169 Å². The van der Waals surface area contributed by atoms with E-state index in [0.29, 0.717) is 22.3 Å². The number of halogens is 6. The second kappa shape index (κ2) is 17.4. The third-order valence-electron chi connectivity index (χ3n) is 19.9. The van der Waals surface area contributed by atoms with Crippen LogP contribution in [0.5, 0.6) is 0 Å². The lowest BCUT2D eigenvalue weighted by atomic mass is 9.34. The Bertz CT molecular complexity index is 4290. The molecule has 0 N–H and O–H groups in total. The molecule has 0 unspecified atom stereocenters. The molecule has 0 saturated heterocycles. The molecule has 0 bridgehead atoms. The Hall–Kier alpha value is -7.05. The average molecular weight is 1150 g/mol. The standard InChI is InChI=1S/C78H74B2F6/c1-71(2,3)39-31-55(73(7,8)9)63(56(32-39)74(10,11)12)45-35-47-53-29-41(77(81,82)83)27-51-43-23-20-22-26-60(43)80(69(51)53)62-38-50-46(64-57(75(13,14)15)33-40(72(4,5)6)34-58(64)76(16,17)18)36-48-54-30-42(78(84,85)86)28-52-44-24-19-21-25-59(44)79(70(52)54)61-37-49(45)67(65(47)62)68(50)66(48)61/h19-38H,1-18H3. The Balaban J connectivity index is 1.31. The van der Waals surface area contributed by atoms with Crippen molar-refractivity contribution in [1.82, 2.24) is 0 Å². The summed E-state index contributed by atoms with van der Waals surface area (Å²) in [4.78, 5) is 0. The molecule has 14 rings (SSSR count). The molecular formula is C78H74B2F6. The van der Waals surface area contributed by atoms with Crippen LogP contribution < -0.4 is 32.8 Å². The predicted octanol–water partition coefficient (Wildman–Crippen LogP) is 18.7. The number of hydrogen-bond acceptors (Lipinski definition) is 0. The number of hydrogen-bond donors (Lipinski definition) is 0. The number of fused-ring (bicyclic) bond motifs is 10. The van der Waals surface area contributed by atoms with Gasteiger partial charge in [0, 0.05) is 0 Å². The molecule has 4 heterocycles. The fraction of sp³-hybridized carbons (Fsp3) is 0.333. The number of rotatable bonds is 2. The zero-order valence-electron chi connectivity index (χ0n) is 53.0. The first-order valence-electron chi connectivity index (χ1n) is 30.7. The molecule has 0 atom stereocenters. The molecule has 0 aromatic heterocycles. The highest BCUT2D eigenvalue weighted by molar-refractivity contribution is 7.03. The fourth-order valence-corrected chi connectivity index (χ4v) is 15.8. The van der Waals surface area contributed by atoms with Gasteiger partial charge in [0.25, 0.3) is 0 Å². The molecule has 0 amide bonds. The van der Waals surface area contributed by atoms with Crippen LogP contribution in [-0.4, -0.2) is 13.4 Å². The average Bonchev–Trinajstić information content (AvgIpc) is 1.15. The Kier molecular flexibility index (Phi) is 11.5. The van der Waals surface area contributed by atoms with Crippen molar-refractivity contribution >= 4 is 78.5 Å². The lowest BCUT2D eigenvalue weighted by molar-refractivity contribution is -0.138. The topological polar surface area (TPSA) is 0 Å². The first-order chi connectivity index (χ1) is 39.7. The predicted molar refractivity (Wildman–Crippen MR) is 354 cm³/mol. The van der Waals surface area contributed by atoms with Gasteiger partial charge in [0.2, 0.25) is 13.4 Å². The summed E-state index contributed by atoms with van der Waals surface area (Å²) in [6.07, 6.45) is -9.31. The van der Waals surface area contributed by atoms with E-state index in [4.69, 9.17) is 0 Å². The molecule has 10 aromatic rings. The van der Waals surface area contributed by atoms with Crippen LogP contribution in [0, 0.1) is 0 Å². The van der Waals surface area contributed by atoms with Crippen molar-refractivity contribution in [2.24, 2.45) is 0 Å². The van der Waals surface area contributed by atoms with Gasteiger partial charge in [-0.3, -0.25) is 0 Å². The quantitative estimate of drug-likeness (QED) is 0.0919. The van der Waals surface area contributed by atoms with E-state index in [0.717, 1.165) is 132 Å². The molecule has 86 heavy (non-hydrogen) atoms. The van der Waals surface area contributed by atoms with Crippen molar-refractivity contribution in [2.75, 3.05) is 0 Å². The van der Waals surface area contributed by atoms with Gasteiger partial charge in [-0.2, -0.15) is 26.3 Å². The monoisotopic (exact) mass is 1150 g/mol. The maximum atomic E-state index is 15.8. The molecule has 10 aromatic carbocycles. The highest BCUT2D eigenvalue weighted by atomic mass is 19.4. The van der Waals surface area contributed by atoms with Crippen LogP contribution in [0.2, 0.25) is 0 Å². The molecule has 4 aliphatic heterocycles. The Morgan fingerprint density at radius 1 is 0.256 bits per heavy atom. The number of alkyl halides is 6. The summed E-state index contributed by atoms with van der Waals surface area (Å²) in [6.45, 7) is 39.8. The van der Waals surface area contributed by atoms with E-state index in [1.807, 2.05) is 36.4 Å². The van der Waals surface area contributed by atoms with Crippen molar-refractivity contribution < 1.29 is 26.3 Å². The summed E-state index contributed by atoms with van der Waals surface area (Å²) in [5, 5.41) is 5.62. The van der Waals surface area contributed by atoms with Crippen LogP contribution >= 0.6 is 0 Å². The summed E-state index contributed by atoms with van der Waals surface area (Å²) in [6, 6.07) is 40.4. The van der Waals surface area contributed by atoms with Gasteiger partial charge in [-0.1, -0.05) is 242 Å². The zero-order valence-corrected chi connectivity index (χ0v) is 53.0. The van der Waals surface area contributed by atoms with Crippen molar-refractivity contribution in [3.63, 3.8) is 0 Å². The molecular weight excluding hydrogens is 1070 g/mol. The maximum absolute atomic E-state index is 15.8. The highest BCUT2D eigenvalue weighted by Gasteiger charge is 2.48. The largest absolute Gasteiger partial charge is 0.416 e. The molecule has 8 heteroatoms. The van der Waals surface area contributed by atoms with Gasteiger partial charge in [0.05, 0.1) is 11.1 Å².